The van der Waals surface area contributed by atoms with Crippen molar-refractivity contribution in [1.82, 2.24) is 15.1 Å². The van der Waals surface area contributed by atoms with Crippen LogP contribution < -0.4 is 16.6 Å². The molecule has 0 saturated carbocycles. The number of rotatable bonds is 5. The lowest BCUT2D eigenvalue weighted by atomic mass is 10.2. The number of nitrogens with one attached hydrogen (secondary N) is 1. The summed E-state index contributed by atoms with van der Waals surface area (Å²) in [5, 5.41) is 6.30. The molecule has 2 rings (SSSR count). The molecule has 1 aromatic heterocycles. The Morgan fingerprint density at radius 2 is 1.86 bits per heavy atom. The lowest BCUT2D eigenvalue weighted by Gasteiger charge is -2.07. The summed E-state index contributed by atoms with van der Waals surface area (Å²) in [6.45, 7) is -0.0189. The summed E-state index contributed by atoms with van der Waals surface area (Å²) in [6.07, 6.45) is 0. The highest BCUT2D eigenvalue weighted by Gasteiger charge is 2.10. The van der Waals surface area contributed by atoms with Gasteiger partial charge in [0.2, 0.25) is 5.91 Å². The molecule has 0 aliphatic carbocycles. The van der Waals surface area contributed by atoms with Crippen LogP contribution >= 0.6 is 0 Å². The lowest BCUT2D eigenvalue weighted by Crippen LogP contribution is -2.35. The molecular weight excluding hydrogens is 272 g/mol. The van der Waals surface area contributed by atoms with Crippen molar-refractivity contribution in [2.45, 2.75) is 6.54 Å². The molecule has 0 spiro atoms. The van der Waals surface area contributed by atoms with Crippen LogP contribution in [-0.4, -0.2) is 28.1 Å². The van der Waals surface area contributed by atoms with Gasteiger partial charge in [0.15, 0.2) is 0 Å². The van der Waals surface area contributed by atoms with E-state index in [1.54, 1.807) is 0 Å². The van der Waals surface area contributed by atoms with Crippen LogP contribution in [0.15, 0.2) is 47.3 Å². The number of benzene rings is 1. The Balaban J connectivity index is 2.19. The monoisotopic (exact) mass is 286 g/mol. The first-order valence-electron chi connectivity index (χ1n) is 6.25. The first kappa shape index (κ1) is 14.4. The van der Waals surface area contributed by atoms with Crippen molar-refractivity contribution in [3.63, 3.8) is 0 Å². The number of nitrogens with two attached hydrogens (primary N) is 1. The van der Waals surface area contributed by atoms with Gasteiger partial charge in [0.25, 0.3) is 11.5 Å². The van der Waals surface area contributed by atoms with E-state index in [2.05, 4.69) is 10.4 Å². The fourth-order valence-corrected chi connectivity index (χ4v) is 1.70. The molecule has 2 amide bonds. The second kappa shape index (κ2) is 6.47. The van der Waals surface area contributed by atoms with Crippen molar-refractivity contribution < 1.29 is 9.59 Å². The molecule has 7 heteroatoms. The number of nitrogens with zero attached hydrogens (tertiary/aromatic N) is 2. The van der Waals surface area contributed by atoms with Crippen LogP contribution in [0.1, 0.15) is 16.1 Å². The number of hydrogen-bond acceptors (Lipinski definition) is 4. The standard InChI is InChI=1S/C14H14N4O3/c15-12(19)8-16-14(21)11-6-7-13(20)18(17-11)9-10-4-2-1-3-5-10/h1-7H,8-9H2,(H2,15,19)(H,16,21). The van der Waals surface area contributed by atoms with Crippen molar-refractivity contribution in [1.29, 1.82) is 0 Å². The van der Waals surface area contributed by atoms with Crippen molar-refractivity contribution >= 4 is 11.8 Å². The largest absolute Gasteiger partial charge is 0.368 e. The zero-order valence-electron chi connectivity index (χ0n) is 11.2. The van der Waals surface area contributed by atoms with E-state index in [1.807, 2.05) is 30.3 Å². The van der Waals surface area contributed by atoms with Gasteiger partial charge in [-0.2, -0.15) is 5.10 Å². The van der Waals surface area contributed by atoms with Crippen LogP contribution in [0.3, 0.4) is 0 Å². The number of carbonyl (C=O) groups excluding carboxylic acids is 2. The molecule has 0 bridgehead atoms. The highest BCUT2D eigenvalue weighted by atomic mass is 16.2. The number of primary amides is 1. The van der Waals surface area contributed by atoms with Crippen molar-refractivity contribution in [3.8, 4) is 0 Å². The topological polar surface area (TPSA) is 107 Å². The third kappa shape index (κ3) is 4.00. The van der Waals surface area contributed by atoms with E-state index >= 15 is 0 Å². The number of amides is 2. The smallest absolute Gasteiger partial charge is 0.272 e. The van der Waals surface area contributed by atoms with E-state index in [1.165, 1.54) is 16.8 Å². The van der Waals surface area contributed by atoms with Crippen molar-refractivity contribution in [3.05, 3.63) is 64.1 Å². The molecule has 21 heavy (non-hydrogen) atoms. The summed E-state index contributed by atoms with van der Waals surface area (Å²) in [4.78, 5) is 34.2. The quantitative estimate of drug-likeness (QED) is 0.773. The Labute approximate surface area is 120 Å². The summed E-state index contributed by atoms with van der Waals surface area (Å²) >= 11 is 0. The van der Waals surface area contributed by atoms with Crippen molar-refractivity contribution in [2.24, 2.45) is 5.73 Å². The minimum absolute atomic E-state index is 0.0479. The van der Waals surface area contributed by atoms with Gasteiger partial charge in [-0.15, -0.1) is 0 Å². The molecule has 108 valence electrons. The third-order valence-electron chi connectivity index (χ3n) is 2.70. The predicted molar refractivity (Wildman–Crippen MR) is 75.6 cm³/mol. The normalized spacial score (nSPS) is 10.1. The minimum atomic E-state index is -0.652. The van der Waals surface area contributed by atoms with Gasteiger partial charge in [-0.3, -0.25) is 14.4 Å². The highest BCUT2D eigenvalue weighted by Crippen LogP contribution is 2.00. The van der Waals surface area contributed by atoms with Gasteiger partial charge >= 0.3 is 0 Å². The molecule has 7 nitrogen and oxygen atoms in total. The molecule has 3 N–H and O–H groups in total. The number of aromatic nitrogens is 2. The summed E-state index contributed by atoms with van der Waals surface area (Å²) in [7, 11) is 0. The van der Waals surface area contributed by atoms with Gasteiger partial charge in [-0.1, -0.05) is 30.3 Å². The van der Waals surface area contributed by atoms with E-state index in [0.717, 1.165) is 5.56 Å². The van der Waals surface area contributed by atoms with E-state index in [4.69, 9.17) is 5.73 Å². The molecular formula is C14H14N4O3. The van der Waals surface area contributed by atoms with Gasteiger partial charge in [-0.25, -0.2) is 4.68 Å². The SMILES string of the molecule is NC(=O)CNC(=O)c1ccc(=O)n(Cc2ccccc2)n1. The Morgan fingerprint density at radius 3 is 2.52 bits per heavy atom. The predicted octanol–water partition coefficient (Wildman–Crippen LogP) is -0.493. The van der Waals surface area contributed by atoms with Crippen LogP contribution in [0, 0.1) is 0 Å². The Morgan fingerprint density at radius 1 is 1.14 bits per heavy atom. The molecule has 0 unspecified atom stereocenters. The van der Waals surface area contributed by atoms with Crippen LogP contribution in [0.2, 0.25) is 0 Å². The Kier molecular flexibility index (Phi) is 4.45. The number of carbonyl (C=O) groups is 2. The van der Waals surface area contributed by atoms with Gasteiger partial charge in [-0.05, 0) is 11.6 Å². The third-order valence-corrected chi connectivity index (χ3v) is 2.70. The molecule has 0 aliphatic rings. The minimum Gasteiger partial charge on any atom is -0.368 e. The maximum Gasteiger partial charge on any atom is 0.272 e. The van der Waals surface area contributed by atoms with Gasteiger partial charge in [0.1, 0.15) is 5.69 Å². The summed E-state index contributed by atoms with van der Waals surface area (Å²) in [5.41, 5.74) is 5.57. The fourth-order valence-electron chi connectivity index (χ4n) is 1.70. The lowest BCUT2D eigenvalue weighted by molar-refractivity contribution is -0.117. The molecule has 0 radical (unpaired) electrons. The van der Waals surface area contributed by atoms with Gasteiger partial charge in [0, 0.05) is 6.07 Å². The van der Waals surface area contributed by atoms with Crippen LogP contribution in [0.5, 0.6) is 0 Å². The average Bonchev–Trinajstić information content (AvgIpc) is 2.48. The van der Waals surface area contributed by atoms with E-state index in [0.29, 0.717) is 0 Å². The summed E-state index contributed by atoms with van der Waals surface area (Å²) in [5.74, 6) is -1.21. The van der Waals surface area contributed by atoms with Crippen LogP contribution in [0.4, 0.5) is 0 Å². The van der Waals surface area contributed by atoms with Crippen molar-refractivity contribution in [2.75, 3.05) is 6.54 Å². The zero-order chi connectivity index (χ0) is 15.2. The first-order chi connectivity index (χ1) is 10.1. The number of hydrogen-bond donors (Lipinski definition) is 2. The Hall–Kier alpha value is -2.96. The van der Waals surface area contributed by atoms with Gasteiger partial charge in [0.05, 0.1) is 13.1 Å². The molecule has 1 aromatic carbocycles. The maximum absolute atomic E-state index is 11.8. The Bertz CT molecular complexity index is 710. The first-order valence-corrected chi connectivity index (χ1v) is 6.25. The van der Waals surface area contributed by atoms with E-state index < -0.39 is 11.8 Å². The molecule has 1 heterocycles. The average molecular weight is 286 g/mol. The van der Waals surface area contributed by atoms with E-state index in [-0.39, 0.29) is 24.3 Å². The second-order valence-corrected chi connectivity index (χ2v) is 4.35. The molecule has 2 aromatic rings. The maximum atomic E-state index is 11.8. The zero-order valence-corrected chi connectivity index (χ0v) is 11.2. The fraction of sp³-hybridized carbons (Fsp3) is 0.143. The molecule has 0 fully saturated rings. The molecule has 0 aliphatic heterocycles. The summed E-state index contributed by atoms with van der Waals surface area (Å²) in [6, 6.07) is 11.8. The van der Waals surface area contributed by atoms with Gasteiger partial charge < -0.3 is 11.1 Å². The van der Waals surface area contributed by atoms with Crippen LogP contribution in [-0.2, 0) is 11.3 Å². The molecule has 0 saturated heterocycles. The molecule has 0 atom stereocenters. The van der Waals surface area contributed by atoms with E-state index in [9.17, 15) is 14.4 Å². The second-order valence-electron chi connectivity index (χ2n) is 4.35. The summed E-state index contributed by atoms with van der Waals surface area (Å²) < 4.78 is 1.19. The highest BCUT2D eigenvalue weighted by molar-refractivity contribution is 5.94. The van der Waals surface area contributed by atoms with Crippen LogP contribution in [0.25, 0.3) is 0 Å².